The zero-order chi connectivity index (χ0) is 14.6. The van der Waals surface area contributed by atoms with Crippen molar-refractivity contribution >= 4 is 22.6 Å². The zero-order valence-electron chi connectivity index (χ0n) is 8.40. The molecule has 0 aliphatic carbocycles. The molecule has 18 heavy (non-hydrogen) atoms. The fourth-order valence-electron chi connectivity index (χ4n) is 0.980. The van der Waals surface area contributed by atoms with E-state index < -0.39 is 47.6 Å². The fraction of sp³-hybridized carbons (Fsp3) is 1.00. The average Bonchev–Trinajstić information content (AvgIpc) is 2.32. The van der Waals surface area contributed by atoms with Crippen LogP contribution in [-0.2, 0) is 0 Å². The maximum atomic E-state index is 12.9. The van der Waals surface area contributed by atoms with Gasteiger partial charge in [-0.25, -0.2) is 39.5 Å². The van der Waals surface area contributed by atoms with Gasteiger partial charge in [-0.05, 0) is 22.6 Å². The lowest BCUT2D eigenvalue weighted by Gasteiger charge is -2.24. The molecular formula is C8H8F9I. The maximum absolute atomic E-state index is 12.9. The first-order valence-electron chi connectivity index (χ1n) is 4.52. The number of hydrogen-bond donors (Lipinski definition) is 0. The van der Waals surface area contributed by atoms with Gasteiger partial charge < -0.3 is 0 Å². The topological polar surface area (TPSA) is 0 Å². The molecule has 0 radical (unpaired) electrons. The van der Waals surface area contributed by atoms with Crippen LogP contribution in [0.25, 0.3) is 0 Å². The van der Waals surface area contributed by atoms with Gasteiger partial charge >= 0.3 is 0 Å². The monoisotopic (exact) mass is 402 g/mol. The summed E-state index contributed by atoms with van der Waals surface area (Å²) in [5.74, 6) is 0. The summed E-state index contributed by atoms with van der Waals surface area (Å²) >= 11 is 0.723. The van der Waals surface area contributed by atoms with Gasteiger partial charge in [-0.15, -0.1) is 0 Å². The molecule has 0 fully saturated rings. The van der Waals surface area contributed by atoms with Crippen LogP contribution in [0.1, 0.15) is 0 Å². The van der Waals surface area contributed by atoms with E-state index in [1.807, 2.05) is 0 Å². The Kier molecular flexibility index (Phi) is 7.67. The minimum atomic E-state index is -3.94. The zero-order valence-corrected chi connectivity index (χ0v) is 10.6. The number of alkyl halides is 10. The van der Waals surface area contributed by atoms with Crippen molar-refractivity contribution in [3.63, 3.8) is 0 Å². The lowest BCUT2D eigenvalue weighted by molar-refractivity contribution is -0.0610. The third-order valence-electron chi connectivity index (χ3n) is 2.00. The smallest absolute Gasteiger partial charge is 0.241 e. The number of rotatable bonds is 7. The van der Waals surface area contributed by atoms with Crippen molar-refractivity contribution in [2.75, 3.05) is 0 Å². The van der Waals surface area contributed by atoms with Gasteiger partial charge in [0.2, 0.25) is 0 Å². The Bertz CT molecular complexity index is 215. The van der Waals surface area contributed by atoms with Crippen LogP contribution in [0.5, 0.6) is 0 Å². The van der Waals surface area contributed by atoms with Gasteiger partial charge in [0.05, 0.1) is 0 Å². The van der Waals surface area contributed by atoms with Crippen LogP contribution in [0.2, 0.25) is 0 Å². The molecule has 10 heteroatoms. The summed E-state index contributed by atoms with van der Waals surface area (Å²) in [5, 5.41) is 0. The first kappa shape index (κ1) is 18.1. The fourth-order valence-corrected chi connectivity index (χ4v) is 1.38. The van der Waals surface area contributed by atoms with Gasteiger partial charge in [0.1, 0.15) is 0 Å². The molecular weight excluding hydrogens is 394 g/mol. The minimum absolute atomic E-state index is 0.723. The van der Waals surface area contributed by atoms with Gasteiger partial charge in [-0.3, -0.25) is 0 Å². The van der Waals surface area contributed by atoms with Crippen LogP contribution in [0.15, 0.2) is 0 Å². The lowest BCUT2D eigenvalue weighted by Crippen LogP contribution is -2.45. The second-order valence-corrected chi connectivity index (χ2v) is 4.53. The summed E-state index contributed by atoms with van der Waals surface area (Å²) in [6.45, 7) is 0. The standard InChI is InChI=1S/C8H8F9I/c9-1(3(11)5(13)7(15)16)2(10)4(12)6(14)8(17)18/h1-8H. The molecule has 0 bridgehead atoms. The van der Waals surface area contributed by atoms with E-state index in [1.165, 1.54) is 0 Å². The molecule has 0 rings (SSSR count). The Morgan fingerprint density at radius 1 is 0.444 bits per heavy atom. The van der Waals surface area contributed by atoms with Crippen molar-refractivity contribution in [2.45, 2.75) is 47.6 Å². The molecule has 0 aromatic heterocycles. The van der Waals surface area contributed by atoms with E-state index in [0.717, 1.165) is 22.6 Å². The highest BCUT2D eigenvalue weighted by atomic mass is 127. The van der Waals surface area contributed by atoms with Gasteiger partial charge in [0, 0.05) is 0 Å². The van der Waals surface area contributed by atoms with E-state index in [2.05, 4.69) is 0 Å². The summed E-state index contributed by atoms with van der Waals surface area (Å²) in [7, 11) is 0. The third kappa shape index (κ3) is 4.65. The Labute approximate surface area is 110 Å². The van der Waals surface area contributed by atoms with Gasteiger partial charge in [-0.1, -0.05) is 0 Å². The van der Waals surface area contributed by atoms with Crippen LogP contribution in [-0.4, -0.2) is 47.6 Å². The molecule has 0 saturated heterocycles. The summed E-state index contributed by atoms with van der Waals surface area (Å²) < 4.78 is 109. The van der Waals surface area contributed by atoms with Crippen LogP contribution in [0.3, 0.4) is 0 Å². The second-order valence-electron chi connectivity index (χ2n) is 3.34. The predicted molar refractivity (Wildman–Crippen MR) is 54.3 cm³/mol. The van der Waals surface area contributed by atoms with Crippen molar-refractivity contribution in [2.24, 2.45) is 0 Å². The van der Waals surface area contributed by atoms with Crippen LogP contribution >= 0.6 is 22.6 Å². The average molecular weight is 402 g/mol. The molecule has 7 unspecified atom stereocenters. The number of halogens is 10. The highest BCUT2D eigenvalue weighted by Crippen LogP contribution is 2.28. The highest BCUT2D eigenvalue weighted by molar-refractivity contribution is 14.1. The largest absolute Gasteiger partial charge is 0.272 e. The van der Waals surface area contributed by atoms with E-state index in [-0.39, 0.29) is 0 Å². The van der Waals surface area contributed by atoms with E-state index in [4.69, 9.17) is 0 Å². The van der Waals surface area contributed by atoms with E-state index in [0.29, 0.717) is 0 Å². The predicted octanol–water partition coefficient (Wildman–Crippen LogP) is 4.01. The van der Waals surface area contributed by atoms with E-state index in [9.17, 15) is 39.5 Å². The van der Waals surface area contributed by atoms with Gasteiger partial charge in [0.15, 0.2) is 41.2 Å². The Hall–Kier alpha value is 0.1000. The normalized spacial score (nSPS) is 24.2. The quantitative estimate of drug-likeness (QED) is 0.343. The van der Waals surface area contributed by atoms with Gasteiger partial charge in [-0.2, -0.15) is 0 Å². The van der Waals surface area contributed by atoms with Crippen LogP contribution < -0.4 is 0 Å². The van der Waals surface area contributed by atoms with Crippen molar-refractivity contribution in [1.29, 1.82) is 0 Å². The molecule has 0 amide bonds. The summed E-state index contributed by atoms with van der Waals surface area (Å²) in [4.78, 5) is 0. The lowest BCUT2D eigenvalue weighted by atomic mass is 10.0. The van der Waals surface area contributed by atoms with Crippen molar-refractivity contribution < 1.29 is 39.5 Å². The molecule has 110 valence electrons. The summed E-state index contributed by atoms with van der Waals surface area (Å²) in [6, 6.07) is 0. The molecule has 0 N–H and O–H groups in total. The molecule has 0 aliphatic rings. The molecule has 0 nitrogen and oxygen atoms in total. The molecule has 0 aromatic carbocycles. The summed E-state index contributed by atoms with van der Waals surface area (Å²) in [6.07, 6.45) is -25.1. The third-order valence-corrected chi connectivity index (χ3v) is 2.69. The molecule has 0 heterocycles. The molecule has 0 spiro atoms. The Balaban J connectivity index is 4.63. The minimum Gasteiger partial charge on any atom is -0.241 e. The van der Waals surface area contributed by atoms with E-state index >= 15 is 0 Å². The molecule has 0 aliphatic heterocycles. The van der Waals surface area contributed by atoms with Crippen LogP contribution in [0, 0.1) is 0 Å². The second kappa shape index (κ2) is 7.63. The van der Waals surface area contributed by atoms with Crippen LogP contribution in [0.4, 0.5) is 39.5 Å². The summed E-state index contributed by atoms with van der Waals surface area (Å²) in [5.41, 5.74) is 0. The van der Waals surface area contributed by atoms with Gasteiger partial charge in [0.25, 0.3) is 6.43 Å². The van der Waals surface area contributed by atoms with Crippen molar-refractivity contribution in [3.8, 4) is 0 Å². The van der Waals surface area contributed by atoms with E-state index in [1.54, 1.807) is 0 Å². The SMILES string of the molecule is FC(F)C(F)C(F)C(F)C(F)C(F)C(F)C(F)I. The maximum Gasteiger partial charge on any atom is 0.272 e. The molecule has 0 aromatic rings. The highest BCUT2D eigenvalue weighted by Gasteiger charge is 2.47. The molecule has 0 saturated carbocycles. The Morgan fingerprint density at radius 3 is 1.00 bits per heavy atom. The van der Waals surface area contributed by atoms with Crippen molar-refractivity contribution in [1.82, 2.24) is 0 Å². The van der Waals surface area contributed by atoms with Crippen molar-refractivity contribution in [3.05, 3.63) is 0 Å². The Morgan fingerprint density at radius 2 is 0.722 bits per heavy atom. The number of hydrogen-bond acceptors (Lipinski definition) is 0. The molecule has 7 atom stereocenters. The first-order chi connectivity index (χ1) is 8.11. The first-order valence-corrected chi connectivity index (χ1v) is 5.76.